The Morgan fingerprint density at radius 1 is 1.00 bits per heavy atom. The third-order valence-electron chi connectivity index (χ3n) is 1.85. The molecule has 84 valence electrons. The van der Waals surface area contributed by atoms with Gasteiger partial charge in [0.25, 0.3) is 0 Å². The van der Waals surface area contributed by atoms with Crippen molar-refractivity contribution in [2.24, 2.45) is 0 Å². The smallest absolute Gasteiger partial charge is 0.162 e. The molecule has 1 aromatic rings. The molecule has 0 atom stereocenters. The van der Waals surface area contributed by atoms with Crippen LogP contribution in [0.2, 0.25) is 0 Å². The van der Waals surface area contributed by atoms with Gasteiger partial charge in [0, 0.05) is 4.90 Å². The van der Waals surface area contributed by atoms with Crippen molar-refractivity contribution in [2.75, 3.05) is 13.2 Å². The first kappa shape index (κ1) is 12.2. The van der Waals surface area contributed by atoms with E-state index in [4.69, 9.17) is 9.47 Å². The normalized spacial score (nSPS) is 10.1. The van der Waals surface area contributed by atoms with E-state index < -0.39 is 0 Å². The average molecular weight is 226 g/mol. The molecule has 0 fully saturated rings. The Bertz CT molecular complexity index is 300. The maximum atomic E-state index is 5.59. The van der Waals surface area contributed by atoms with Gasteiger partial charge in [0.2, 0.25) is 0 Å². The molecule has 0 aliphatic heterocycles. The fourth-order valence-electron chi connectivity index (χ4n) is 1.15. The van der Waals surface area contributed by atoms with Gasteiger partial charge in [-0.05, 0) is 31.0 Å². The standard InChI is InChI=1S/C12H18O2S/c1-3-7-13-11-6-5-10(15)9-12(11)14-8-4-2/h5-6,9,15H,3-4,7-8H2,1-2H3. The lowest BCUT2D eigenvalue weighted by Crippen LogP contribution is -2.01. The van der Waals surface area contributed by atoms with Crippen molar-refractivity contribution in [3.8, 4) is 11.5 Å². The van der Waals surface area contributed by atoms with Crippen LogP contribution in [-0.2, 0) is 0 Å². The van der Waals surface area contributed by atoms with E-state index in [9.17, 15) is 0 Å². The minimum atomic E-state index is 0.708. The summed E-state index contributed by atoms with van der Waals surface area (Å²) in [6.07, 6.45) is 1.99. The molecule has 0 aliphatic rings. The van der Waals surface area contributed by atoms with Gasteiger partial charge in [-0.2, -0.15) is 0 Å². The molecule has 0 aromatic heterocycles. The Labute approximate surface area is 97.0 Å². The van der Waals surface area contributed by atoms with Crippen molar-refractivity contribution in [2.45, 2.75) is 31.6 Å². The lowest BCUT2D eigenvalue weighted by Gasteiger charge is -2.12. The second-order valence-corrected chi connectivity index (χ2v) is 3.84. The van der Waals surface area contributed by atoms with Crippen molar-refractivity contribution in [1.82, 2.24) is 0 Å². The highest BCUT2D eigenvalue weighted by Gasteiger charge is 2.04. The van der Waals surface area contributed by atoms with E-state index in [1.54, 1.807) is 0 Å². The highest BCUT2D eigenvalue weighted by atomic mass is 32.1. The van der Waals surface area contributed by atoms with E-state index in [2.05, 4.69) is 26.5 Å². The van der Waals surface area contributed by atoms with E-state index in [1.807, 2.05) is 18.2 Å². The van der Waals surface area contributed by atoms with Crippen LogP contribution in [0.15, 0.2) is 23.1 Å². The molecule has 0 radical (unpaired) electrons. The van der Waals surface area contributed by atoms with Crippen molar-refractivity contribution in [1.29, 1.82) is 0 Å². The monoisotopic (exact) mass is 226 g/mol. The number of ether oxygens (including phenoxy) is 2. The van der Waals surface area contributed by atoms with E-state index in [0.717, 1.165) is 29.2 Å². The molecule has 0 heterocycles. The third-order valence-corrected chi connectivity index (χ3v) is 2.13. The van der Waals surface area contributed by atoms with Crippen LogP contribution < -0.4 is 9.47 Å². The maximum absolute atomic E-state index is 5.59. The lowest BCUT2D eigenvalue weighted by atomic mass is 10.3. The molecule has 15 heavy (non-hydrogen) atoms. The first-order chi connectivity index (χ1) is 7.27. The summed E-state index contributed by atoms with van der Waals surface area (Å²) in [5.41, 5.74) is 0. The van der Waals surface area contributed by atoms with Crippen LogP contribution in [0.25, 0.3) is 0 Å². The second-order valence-electron chi connectivity index (χ2n) is 3.33. The molecule has 0 unspecified atom stereocenters. The zero-order valence-corrected chi connectivity index (χ0v) is 10.2. The summed E-state index contributed by atoms with van der Waals surface area (Å²) in [6, 6.07) is 5.71. The molecule has 0 saturated carbocycles. The highest BCUT2D eigenvalue weighted by Crippen LogP contribution is 2.29. The van der Waals surface area contributed by atoms with Crippen LogP contribution in [0.5, 0.6) is 11.5 Å². The van der Waals surface area contributed by atoms with E-state index in [-0.39, 0.29) is 0 Å². The first-order valence-electron chi connectivity index (χ1n) is 5.36. The third kappa shape index (κ3) is 4.04. The van der Waals surface area contributed by atoms with E-state index in [1.165, 1.54) is 0 Å². The summed E-state index contributed by atoms with van der Waals surface area (Å²) in [5, 5.41) is 0. The van der Waals surface area contributed by atoms with E-state index in [0.29, 0.717) is 13.2 Å². The van der Waals surface area contributed by atoms with Crippen LogP contribution in [0.1, 0.15) is 26.7 Å². The Kier molecular flexibility index (Phi) is 5.40. The van der Waals surface area contributed by atoms with Crippen LogP contribution in [0, 0.1) is 0 Å². The molecule has 0 bridgehead atoms. The van der Waals surface area contributed by atoms with Gasteiger partial charge in [-0.15, -0.1) is 12.6 Å². The maximum Gasteiger partial charge on any atom is 0.162 e. The summed E-state index contributed by atoms with van der Waals surface area (Å²) in [6.45, 7) is 5.59. The topological polar surface area (TPSA) is 18.5 Å². The Balaban J connectivity index is 2.73. The zero-order chi connectivity index (χ0) is 11.1. The number of rotatable bonds is 6. The fourth-order valence-corrected chi connectivity index (χ4v) is 1.34. The van der Waals surface area contributed by atoms with Gasteiger partial charge in [0.1, 0.15) is 0 Å². The first-order valence-corrected chi connectivity index (χ1v) is 5.81. The Morgan fingerprint density at radius 2 is 1.60 bits per heavy atom. The zero-order valence-electron chi connectivity index (χ0n) is 9.32. The second kappa shape index (κ2) is 6.62. The van der Waals surface area contributed by atoms with Crippen molar-refractivity contribution in [3.63, 3.8) is 0 Å². The molecule has 0 aliphatic carbocycles. The minimum Gasteiger partial charge on any atom is -0.490 e. The summed E-state index contributed by atoms with van der Waals surface area (Å²) in [7, 11) is 0. The predicted molar refractivity (Wildman–Crippen MR) is 65.3 cm³/mol. The quantitative estimate of drug-likeness (QED) is 0.748. The van der Waals surface area contributed by atoms with Crippen molar-refractivity contribution >= 4 is 12.6 Å². The van der Waals surface area contributed by atoms with Gasteiger partial charge in [0.05, 0.1) is 13.2 Å². The molecule has 0 amide bonds. The van der Waals surface area contributed by atoms with Crippen molar-refractivity contribution < 1.29 is 9.47 Å². The van der Waals surface area contributed by atoms with Crippen LogP contribution in [-0.4, -0.2) is 13.2 Å². The Hall–Kier alpha value is -0.830. The van der Waals surface area contributed by atoms with Crippen LogP contribution in [0.3, 0.4) is 0 Å². The molecular weight excluding hydrogens is 208 g/mol. The molecule has 3 heteroatoms. The van der Waals surface area contributed by atoms with E-state index >= 15 is 0 Å². The van der Waals surface area contributed by atoms with Crippen LogP contribution >= 0.6 is 12.6 Å². The predicted octanol–water partition coefficient (Wildman–Crippen LogP) is 3.55. The summed E-state index contributed by atoms with van der Waals surface area (Å²) < 4.78 is 11.2. The summed E-state index contributed by atoms with van der Waals surface area (Å²) in [4.78, 5) is 0.893. The molecule has 0 spiro atoms. The molecule has 0 saturated heterocycles. The number of hydrogen-bond acceptors (Lipinski definition) is 3. The van der Waals surface area contributed by atoms with Gasteiger partial charge in [-0.1, -0.05) is 13.8 Å². The van der Waals surface area contributed by atoms with Crippen LogP contribution in [0.4, 0.5) is 0 Å². The highest BCUT2D eigenvalue weighted by molar-refractivity contribution is 7.80. The van der Waals surface area contributed by atoms with Crippen molar-refractivity contribution in [3.05, 3.63) is 18.2 Å². The molecular formula is C12H18O2S. The number of hydrogen-bond donors (Lipinski definition) is 1. The lowest BCUT2D eigenvalue weighted by molar-refractivity contribution is 0.267. The molecule has 1 aromatic carbocycles. The minimum absolute atomic E-state index is 0.708. The summed E-state index contributed by atoms with van der Waals surface area (Å²) >= 11 is 4.28. The summed E-state index contributed by atoms with van der Waals surface area (Å²) in [5.74, 6) is 1.60. The molecule has 2 nitrogen and oxygen atoms in total. The van der Waals surface area contributed by atoms with Gasteiger partial charge in [-0.25, -0.2) is 0 Å². The SMILES string of the molecule is CCCOc1ccc(S)cc1OCCC. The van der Waals surface area contributed by atoms with Gasteiger partial charge in [-0.3, -0.25) is 0 Å². The van der Waals surface area contributed by atoms with Gasteiger partial charge < -0.3 is 9.47 Å². The fraction of sp³-hybridized carbons (Fsp3) is 0.500. The molecule has 1 rings (SSSR count). The largest absolute Gasteiger partial charge is 0.490 e. The van der Waals surface area contributed by atoms with Gasteiger partial charge in [0.15, 0.2) is 11.5 Å². The molecule has 0 N–H and O–H groups in total. The van der Waals surface area contributed by atoms with Gasteiger partial charge >= 0.3 is 0 Å². The number of thiol groups is 1. The average Bonchev–Trinajstić information content (AvgIpc) is 2.25. The number of benzene rings is 1. The Morgan fingerprint density at radius 3 is 2.20 bits per heavy atom.